The Morgan fingerprint density at radius 3 is 3.00 bits per heavy atom. The lowest BCUT2D eigenvalue weighted by molar-refractivity contribution is 0.844. The molecule has 3 aromatic rings. The number of aryl methyl sites for hydroxylation is 1. The third-order valence-electron chi connectivity index (χ3n) is 4.12. The van der Waals surface area contributed by atoms with Crippen LogP contribution in [0.3, 0.4) is 0 Å². The van der Waals surface area contributed by atoms with Crippen LogP contribution in [0.1, 0.15) is 17.0 Å². The van der Waals surface area contributed by atoms with E-state index in [0.717, 1.165) is 30.7 Å². The summed E-state index contributed by atoms with van der Waals surface area (Å²) in [5.41, 5.74) is 6.34. The molecule has 0 fully saturated rings. The van der Waals surface area contributed by atoms with E-state index in [4.69, 9.17) is 4.98 Å². The highest BCUT2D eigenvalue weighted by atomic mass is 15.1. The Labute approximate surface area is 118 Å². The molecule has 20 heavy (non-hydrogen) atoms. The van der Waals surface area contributed by atoms with Crippen LogP contribution in [0.25, 0.3) is 11.0 Å². The smallest absolute Gasteiger partial charge is 0.114 e. The van der Waals surface area contributed by atoms with Crippen LogP contribution < -0.4 is 5.32 Å². The summed E-state index contributed by atoms with van der Waals surface area (Å²) in [5, 5.41) is 3.40. The Morgan fingerprint density at radius 2 is 2.10 bits per heavy atom. The van der Waals surface area contributed by atoms with Crippen LogP contribution in [0.4, 0.5) is 5.69 Å². The van der Waals surface area contributed by atoms with Crippen LogP contribution >= 0.6 is 0 Å². The molecule has 1 aliphatic heterocycles. The summed E-state index contributed by atoms with van der Waals surface area (Å²) in [6.07, 6.45) is 2.02. The summed E-state index contributed by atoms with van der Waals surface area (Å²) < 4.78 is 2.20. The number of para-hydroxylation sites is 2. The molecule has 0 amide bonds. The lowest BCUT2D eigenvalue weighted by atomic mass is 10.1. The lowest BCUT2D eigenvalue weighted by Crippen LogP contribution is -1.99. The molecule has 0 saturated carbocycles. The van der Waals surface area contributed by atoms with Crippen LogP contribution in [0, 0.1) is 0 Å². The summed E-state index contributed by atoms with van der Waals surface area (Å²) in [6.45, 7) is 1.06. The fourth-order valence-electron chi connectivity index (χ4n) is 3.00. The topological polar surface area (TPSA) is 29.9 Å². The van der Waals surface area contributed by atoms with E-state index >= 15 is 0 Å². The number of aromatic nitrogens is 2. The molecule has 4 rings (SSSR count). The maximum Gasteiger partial charge on any atom is 0.114 e. The molecule has 0 bridgehead atoms. The van der Waals surface area contributed by atoms with Crippen LogP contribution in [0.2, 0.25) is 0 Å². The molecule has 3 nitrogen and oxygen atoms in total. The Morgan fingerprint density at radius 1 is 1.20 bits per heavy atom. The van der Waals surface area contributed by atoms with Crippen molar-refractivity contribution in [2.24, 2.45) is 7.05 Å². The molecule has 0 aliphatic carbocycles. The molecule has 1 aliphatic rings. The van der Waals surface area contributed by atoms with Gasteiger partial charge in [-0.2, -0.15) is 0 Å². The molecule has 1 aromatic heterocycles. The van der Waals surface area contributed by atoms with Gasteiger partial charge in [-0.15, -0.1) is 0 Å². The molecule has 0 radical (unpaired) electrons. The maximum atomic E-state index is 4.75. The molecule has 0 spiro atoms. The number of hydrogen-bond donors (Lipinski definition) is 1. The van der Waals surface area contributed by atoms with Gasteiger partial charge in [0.25, 0.3) is 0 Å². The van der Waals surface area contributed by atoms with Crippen LogP contribution in [-0.4, -0.2) is 16.1 Å². The minimum absolute atomic E-state index is 0.887. The van der Waals surface area contributed by atoms with Crippen molar-refractivity contribution in [3.8, 4) is 0 Å². The predicted molar refractivity (Wildman–Crippen MR) is 82.2 cm³/mol. The lowest BCUT2D eigenvalue weighted by Gasteiger charge is -2.05. The molecule has 2 heterocycles. The normalized spacial score (nSPS) is 13.4. The van der Waals surface area contributed by atoms with Gasteiger partial charge < -0.3 is 9.88 Å². The van der Waals surface area contributed by atoms with E-state index in [-0.39, 0.29) is 0 Å². The van der Waals surface area contributed by atoms with Crippen molar-refractivity contribution < 1.29 is 0 Å². The number of nitrogens with zero attached hydrogens (tertiary/aromatic N) is 2. The summed E-state index contributed by atoms with van der Waals surface area (Å²) >= 11 is 0. The average molecular weight is 263 g/mol. The molecule has 100 valence electrons. The second-order valence-electron chi connectivity index (χ2n) is 5.42. The fraction of sp³-hybridized carbons (Fsp3) is 0.235. The van der Waals surface area contributed by atoms with Crippen LogP contribution in [-0.2, 0) is 19.9 Å². The minimum atomic E-state index is 0.887. The first-order chi connectivity index (χ1) is 9.81. The number of nitrogens with one attached hydrogen (secondary N) is 1. The van der Waals surface area contributed by atoms with E-state index in [1.54, 1.807) is 0 Å². The first-order valence-electron chi connectivity index (χ1n) is 7.07. The zero-order valence-electron chi connectivity index (χ0n) is 11.6. The van der Waals surface area contributed by atoms with Gasteiger partial charge in [0.2, 0.25) is 0 Å². The van der Waals surface area contributed by atoms with Crippen LogP contribution in [0.15, 0.2) is 42.5 Å². The second-order valence-corrected chi connectivity index (χ2v) is 5.42. The Bertz CT molecular complexity index is 786. The summed E-state index contributed by atoms with van der Waals surface area (Å²) in [5.74, 6) is 1.12. The first kappa shape index (κ1) is 11.5. The molecule has 0 saturated heterocycles. The first-order valence-corrected chi connectivity index (χ1v) is 7.07. The quantitative estimate of drug-likeness (QED) is 0.770. The Balaban J connectivity index is 1.72. The van der Waals surface area contributed by atoms with Gasteiger partial charge in [-0.25, -0.2) is 4.98 Å². The monoisotopic (exact) mass is 263 g/mol. The van der Waals surface area contributed by atoms with Gasteiger partial charge in [-0.1, -0.05) is 24.3 Å². The van der Waals surface area contributed by atoms with Gasteiger partial charge in [0.1, 0.15) is 5.82 Å². The maximum absolute atomic E-state index is 4.75. The SMILES string of the molecule is Cn1c(Cc2ccc3c(c2)CCN3)nc2ccccc21. The van der Waals surface area contributed by atoms with Gasteiger partial charge in [-0.3, -0.25) is 0 Å². The van der Waals surface area contributed by atoms with Crippen molar-refractivity contribution in [3.05, 3.63) is 59.4 Å². The number of fused-ring (bicyclic) bond motifs is 2. The third kappa shape index (κ3) is 1.78. The zero-order valence-corrected chi connectivity index (χ0v) is 11.6. The Kier molecular flexibility index (Phi) is 2.52. The molecule has 1 N–H and O–H groups in total. The van der Waals surface area contributed by atoms with Gasteiger partial charge in [0.05, 0.1) is 11.0 Å². The van der Waals surface area contributed by atoms with E-state index in [2.05, 4.69) is 53.3 Å². The number of imidazole rings is 1. The van der Waals surface area contributed by atoms with E-state index in [0.29, 0.717) is 0 Å². The average Bonchev–Trinajstić information content (AvgIpc) is 3.05. The van der Waals surface area contributed by atoms with Crippen molar-refractivity contribution in [1.82, 2.24) is 9.55 Å². The molecule has 0 unspecified atom stereocenters. The highest BCUT2D eigenvalue weighted by molar-refractivity contribution is 5.75. The van der Waals surface area contributed by atoms with Crippen molar-refractivity contribution in [3.63, 3.8) is 0 Å². The highest BCUT2D eigenvalue weighted by Gasteiger charge is 2.12. The largest absolute Gasteiger partial charge is 0.384 e. The summed E-state index contributed by atoms with van der Waals surface area (Å²) in [6, 6.07) is 15.0. The summed E-state index contributed by atoms with van der Waals surface area (Å²) in [4.78, 5) is 4.75. The number of benzene rings is 2. The van der Waals surface area contributed by atoms with E-state index in [1.165, 1.54) is 22.3 Å². The highest BCUT2D eigenvalue weighted by Crippen LogP contribution is 2.24. The molecule has 3 heteroatoms. The van der Waals surface area contributed by atoms with E-state index in [9.17, 15) is 0 Å². The molecule has 2 aromatic carbocycles. The minimum Gasteiger partial charge on any atom is -0.384 e. The number of rotatable bonds is 2. The molecular weight excluding hydrogens is 246 g/mol. The zero-order chi connectivity index (χ0) is 13.5. The fourth-order valence-corrected chi connectivity index (χ4v) is 3.00. The van der Waals surface area contributed by atoms with Crippen molar-refractivity contribution in [2.75, 3.05) is 11.9 Å². The number of anilines is 1. The van der Waals surface area contributed by atoms with Crippen molar-refractivity contribution in [1.29, 1.82) is 0 Å². The van der Waals surface area contributed by atoms with E-state index in [1.807, 2.05) is 6.07 Å². The third-order valence-corrected chi connectivity index (χ3v) is 4.12. The second kappa shape index (κ2) is 4.37. The van der Waals surface area contributed by atoms with Gasteiger partial charge in [0, 0.05) is 25.7 Å². The van der Waals surface area contributed by atoms with E-state index < -0.39 is 0 Å². The Hall–Kier alpha value is -2.29. The summed E-state index contributed by atoms with van der Waals surface area (Å²) in [7, 11) is 2.10. The van der Waals surface area contributed by atoms with Gasteiger partial charge in [-0.05, 0) is 35.7 Å². The van der Waals surface area contributed by atoms with Crippen molar-refractivity contribution >= 4 is 16.7 Å². The standard InChI is InChI=1S/C17H17N3/c1-20-16-5-3-2-4-15(16)19-17(20)11-12-6-7-14-13(10-12)8-9-18-14/h2-7,10,18H,8-9,11H2,1H3. The van der Waals surface area contributed by atoms with Gasteiger partial charge >= 0.3 is 0 Å². The predicted octanol–water partition coefficient (Wildman–Crippen LogP) is 3.13. The number of hydrogen-bond acceptors (Lipinski definition) is 2. The van der Waals surface area contributed by atoms with Gasteiger partial charge in [0.15, 0.2) is 0 Å². The molecule has 0 atom stereocenters. The van der Waals surface area contributed by atoms with Crippen molar-refractivity contribution in [2.45, 2.75) is 12.8 Å². The molecular formula is C17H17N3. The van der Waals surface area contributed by atoms with Crippen LogP contribution in [0.5, 0.6) is 0 Å².